The molecule has 0 bridgehead atoms. The summed E-state index contributed by atoms with van der Waals surface area (Å²) >= 11 is 4.81. The molecule has 0 aliphatic rings. The number of aliphatic hydroxyl groups is 1. The van der Waals surface area contributed by atoms with E-state index in [4.69, 9.17) is 0 Å². The molecule has 96 valence electrons. The van der Waals surface area contributed by atoms with Crippen molar-refractivity contribution in [2.24, 2.45) is 0 Å². The molecule has 0 saturated heterocycles. The lowest BCUT2D eigenvalue weighted by molar-refractivity contribution is 0.196. The van der Waals surface area contributed by atoms with Crippen LogP contribution in [0.5, 0.6) is 0 Å². The predicted octanol–water partition coefficient (Wildman–Crippen LogP) is 2.64. The Hall–Kier alpha value is -0.0400. The van der Waals surface area contributed by atoms with Crippen molar-refractivity contribution in [3.63, 3.8) is 0 Å². The van der Waals surface area contributed by atoms with Crippen molar-refractivity contribution < 1.29 is 13.5 Å². The normalized spacial score (nSPS) is 13.6. The highest BCUT2D eigenvalue weighted by molar-refractivity contribution is 9.10. The van der Waals surface area contributed by atoms with Gasteiger partial charge < -0.3 is 5.11 Å². The summed E-state index contributed by atoms with van der Waals surface area (Å²) in [7, 11) is -2.93. The van der Waals surface area contributed by atoms with E-state index in [2.05, 4.69) is 15.9 Å². The van der Waals surface area contributed by atoms with E-state index in [1.165, 1.54) is 18.0 Å². The van der Waals surface area contributed by atoms with Crippen molar-refractivity contribution in [2.45, 2.75) is 17.9 Å². The number of halogens is 1. The minimum atomic E-state index is -2.93. The molecule has 1 aromatic carbocycles. The molecule has 1 atom stereocenters. The van der Waals surface area contributed by atoms with E-state index in [1.54, 1.807) is 6.92 Å². The Morgan fingerprint density at radius 1 is 1.47 bits per heavy atom. The summed E-state index contributed by atoms with van der Waals surface area (Å²) in [5.74, 6) is 0.637. The Labute approximate surface area is 115 Å². The molecule has 0 aromatic heterocycles. The maximum absolute atomic E-state index is 11.0. The first-order chi connectivity index (χ1) is 7.79. The molecular formula is C11H15BrO3S2. The zero-order valence-electron chi connectivity index (χ0n) is 9.68. The lowest BCUT2D eigenvalue weighted by atomic mass is 10.1. The third kappa shape index (κ3) is 5.42. The Morgan fingerprint density at radius 3 is 2.65 bits per heavy atom. The number of hydrogen-bond acceptors (Lipinski definition) is 4. The molecule has 0 radical (unpaired) electrons. The van der Waals surface area contributed by atoms with Crippen molar-refractivity contribution in [3.8, 4) is 0 Å². The van der Waals surface area contributed by atoms with Crippen molar-refractivity contribution in [2.75, 3.05) is 17.8 Å². The zero-order chi connectivity index (χ0) is 13.1. The van der Waals surface area contributed by atoms with Crippen LogP contribution in [0.2, 0.25) is 0 Å². The third-order valence-corrected chi connectivity index (χ3v) is 4.91. The lowest BCUT2D eigenvalue weighted by Gasteiger charge is -2.11. The fraction of sp³-hybridized carbons (Fsp3) is 0.455. The van der Waals surface area contributed by atoms with E-state index in [-0.39, 0.29) is 5.75 Å². The summed E-state index contributed by atoms with van der Waals surface area (Å²) in [6, 6.07) is 5.61. The van der Waals surface area contributed by atoms with Crippen LogP contribution < -0.4 is 0 Å². The Kier molecular flexibility index (Phi) is 5.50. The van der Waals surface area contributed by atoms with Gasteiger partial charge in [-0.25, -0.2) is 8.42 Å². The Balaban J connectivity index is 2.79. The standard InChI is InChI=1S/C11H15BrO3S2/c1-8(13)10-4-3-9(12)7-11(10)16-5-6-17(2,14)15/h3-4,7-8,13H,5-6H2,1-2H3. The average Bonchev–Trinajstić information content (AvgIpc) is 2.15. The van der Waals surface area contributed by atoms with Crippen molar-refractivity contribution in [1.82, 2.24) is 0 Å². The Bertz CT molecular complexity index is 483. The number of sulfone groups is 1. The van der Waals surface area contributed by atoms with Gasteiger partial charge in [-0.3, -0.25) is 0 Å². The zero-order valence-corrected chi connectivity index (χ0v) is 12.9. The second kappa shape index (κ2) is 6.22. The molecule has 0 amide bonds. The van der Waals surface area contributed by atoms with Crippen LogP contribution in [0.4, 0.5) is 0 Å². The van der Waals surface area contributed by atoms with Gasteiger partial charge in [0.25, 0.3) is 0 Å². The SMILES string of the molecule is CC(O)c1ccc(Br)cc1SCCS(C)(=O)=O. The fourth-order valence-electron chi connectivity index (χ4n) is 1.28. The maximum Gasteiger partial charge on any atom is 0.148 e. The molecule has 1 aromatic rings. The molecular weight excluding hydrogens is 324 g/mol. The first-order valence-electron chi connectivity index (χ1n) is 5.07. The molecule has 1 unspecified atom stereocenters. The summed E-state index contributed by atoms with van der Waals surface area (Å²) in [5, 5.41) is 9.61. The minimum Gasteiger partial charge on any atom is -0.389 e. The Morgan fingerprint density at radius 2 is 2.12 bits per heavy atom. The van der Waals surface area contributed by atoms with Crippen molar-refractivity contribution >= 4 is 37.5 Å². The molecule has 17 heavy (non-hydrogen) atoms. The van der Waals surface area contributed by atoms with Crippen LogP contribution in [-0.2, 0) is 9.84 Å². The van der Waals surface area contributed by atoms with E-state index in [9.17, 15) is 13.5 Å². The molecule has 0 saturated carbocycles. The number of hydrogen-bond donors (Lipinski definition) is 1. The highest BCUT2D eigenvalue weighted by Gasteiger charge is 2.10. The molecule has 0 aliphatic heterocycles. The second-order valence-corrected chi connectivity index (χ2v) is 8.15. The van der Waals surface area contributed by atoms with Gasteiger partial charge in [0.15, 0.2) is 0 Å². The van der Waals surface area contributed by atoms with Crippen LogP contribution >= 0.6 is 27.7 Å². The summed E-state index contributed by atoms with van der Waals surface area (Å²) in [6.45, 7) is 1.70. The van der Waals surface area contributed by atoms with E-state index in [0.717, 1.165) is 14.9 Å². The quantitative estimate of drug-likeness (QED) is 0.838. The highest BCUT2D eigenvalue weighted by Crippen LogP contribution is 2.30. The molecule has 0 heterocycles. The van der Waals surface area contributed by atoms with Gasteiger partial charge in [-0.05, 0) is 24.6 Å². The predicted molar refractivity (Wildman–Crippen MR) is 75.2 cm³/mol. The summed E-state index contributed by atoms with van der Waals surface area (Å²) < 4.78 is 23.0. The third-order valence-electron chi connectivity index (χ3n) is 2.14. The van der Waals surface area contributed by atoms with Gasteiger partial charge in [-0.2, -0.15) is 0 Å². The smallest absolute Gasteiger partial charge is 0.148 e. The lowest BCUT2D eigenvalue weighted by Crippen LogP contribution is -2.05. The van der Waals surface area contributed by atoms with Crippen molar-refractivity contribution in [3.05, 3.63) is 28.2 Å². The van der Waals surface area contributed by atoms with E-state index in [1.807, 2.05) is 18.2 Å². The molecule has 1 rings (SSSR count). The van der Waals surface area contributed by atoms with Crippen molar-refractivity contribution in [1.29, 1.82) is 0 Å². The first-order valence-corrected chi connectivity index (χ1v) is 8.91. The van der Waals surface area contributed by atoms with Gasteiger partial charge in [0.05, 0.1) is 11.9 Å². The molecule has 1 N–H and O–H groups in total. The number of rotatable bonds is 5. The van der Waals surface area contributed by atoms with Crippen LogP contribution in [0.25, 0.3) is 0 Å². The van der Waals surface area contributed by atoms with Crippen LogP contribution in [0, 0.1) is 0 Å². The molecule has 0 aliphatic carbocycles. The van der Waals surface area contributed by atoms with Crippen LogP contribution in [0.3, 0.4) is 0 Å². The van der Waals surface area contributed by atoms with Crippen LogP contribution in [-0.4, -0.2) is 31.3 Å². The first kappa shape index (κ1) is 15.0. The largest absolute Gasteiger partial charge is 0.389 e. The van der Waals surface area contributed by atoms with Gasteiger partial charge in [0, 0.05) is 21.4 Å². The second-order valence-electron chi connectivity index (χ2n) is 3.84. The van der Waals surface area contributed by atoms with E-state index < -0.39 is 15.9 Å². The fourth-order valence-corrected chi connectivity index (χ4v) is 4.17. The van der Waals surface area contributed by atoms with Gasteiger partial charge >= 0.3 is 0 Å². The monoisotopic (exact) mass is 338 g/mol. The summed E-state index contributed by atoms with van der Waals surface area (Å²) in [4.78, 5) is 0.915. The van der Waals surface area contributed by atoms with E-state index in [0.29, 0.717) is 5.75 Å². The highest BCUT2D eigenvalue weighted by atomic mass is 79.9. The number of thioether (sulfide) groups is 1. The molecule has 0 spiro atoms. The minimum absolute atomic E-state index is 0.142. The van der Waals surface area contributed by atoms with Gasteiger partial charge in [0.1, 0.15) is 9.84 Å². The summed E-state index contributed by atoms with van der Waals surface area (Å²) in [6.07, 6.45) is 0.674. The molecule has 3 nitrogen and oxygen atoms in total. The number of aliphatic hydroxyl groups excluding tert-OH is 1. The molecule has 6 heteroatoms. The molecule has 0 fully saturated rings. The van der Waals surface area contributed by atoms with Gasteiger partial charge in [0.2, 0.25) is 0 Å². The number of benzene rings is 1. The topological polar surface area (TPSA) is 54.4 Å². The van der Waals surface area contributed by atoms with Crippen LogP contribution in [0.15, 0.2) is 27.6 Å². The summed E-state index contributed by atoms with van der Waals surface area (Å²) in [5.41, 5.74) is 0.826. The maximum atomic E-state index is 11.0. The van der Waals surface area contributed by atoms with Crippen LogP contribution in [0.1, 0.15) is 18.6 Å². The van der Waals surface area contributed by atoms with Gasteiger partial charge in [-0.15, -0.1) is 11.8 Å². The average molecular weight is 339 g/mol. The van der Waals surface area contributed by atoms with E-state index >= 15 is 0 Å². The van der Waals surface area contributed by atoms with Gasteiger partial charge in [-0.1, -0.05) is 22.0 Å².